The molecular formula is C16H30N4. The molecule has 1 saturated carbocycles. The van der Waals surface area contributed by atoms with Gasteiger partial charge >= 0.3 is 0 Å². The van der Waals surface area contributed by atoms with Crippen molar-refractivity contribution in [1.29, 1.82) is 0 Å². The molecular weight excluding hydrogens is 248 g/mol. The van der Waals surface area contributed by atoms with E-state index in [-0.39, 0.29) is 0 Å². The normalized spacial score (nSPS) is 23.1. The third kappa shape index (κ3) is 4.30. The second kappa shape index (κ2) is 7.21. The van der Waals surface area contributed by atoms with Crippen molar-refractivity contribution in [2.75, 3.05) is 6.54 Å². The van der Waals surface area contributed by atoms with Crippen molar-refractivity contribution in [3.8, 4) is 0 Å². The van der Waals surface area contributed by atoms with Crippen molar-refractivity contribution in [2.45, 2.75) is 66.0 Å². The van der Waals surface area contributed by atoms with Gasteiger partial charge in [0, 0.05) is 19.0 Å². The number of hydrogen-bond acceptors (Lipinski definition) is 3. The van der Waals surface area contributed by atoms with Gasteiger partial charge in [-0.1, -0.05) is 34.1 Å². The van der Waals surface area contributed by atoms with Crippen molar-refractivity contribution in [1.82, 2.24) is 20.1 Å². The Kier molecular flexibility index (Phi) is 5.58. The van der Waals surface area contributed by atoms with Crippen LogP contribution in [0, 0.1) is 17.8 Å². The number of nitrogens with zero attached hydrogens (tertiary/aromatic N) is 3. The standard InChI is InChI=1S/C16H30N4/c1-12(2)10-20-16(18-11-19-20)8-14-6-5-7-15(14)9-17-13(3)4/h11-15,17H,5-10H2,1-4H3. The van der Waals surface area contributed by atoms with Gasteiger partial charge in [0.1, 0.15) is 12.2 Å². The highest BCUT2D eigenvalue weighted by Crippen LogP contribution is 2.33. The van der Waals surface area contributed by atoms with Gasteiger partial charge in [-0.2, -0.15) is 5.10 Å². The Hall–Kier alpha value is -0.900. The summed E-state index contributed by atoms with van der Waals surface area (Å²) in [6.07, 6.45) is 6.89. The summed E-state index contributed by atoms with van der Waals surface area (Å²) in [5.41, 5.74) is 0. The maximum absolute atomic E-state index is 4.49. The van der Waals surface area contributed by atoms with Gasteiger partial charge in [-0.05, 0) is 37.1 Å². The SMILES string of the molecule is CC(C)Cn1ncnc1CC1CCCC1CNC(C)C. The minimum Gasteiger partial charge on any atom is -0.314 e. The summed E-state index contributed by atoms with van der Waals surface area (Å²) in [5.74, 6) is 3.38. The zero-order valence-electron chi connectivity index (χ0n) is 13.5. The van der Waals surface area contributed by atoms with Crippen LogP contribution in [0.1, 0.15) is 52.8 Å². The highest BCUT2D eigenvalue weighted by atomic mass is 15.3. The van der Waals surface area contributed by atoms with Crippen molar-refractivity contribution >= 4 is 0 Å². The lowest BCUT2D eigenvalue weighted by Gasteiger charge is -2.21. The van der Waals surface area contributed by atoms with Gasteiger partial charge in [0.2, 0.25) is 0 Å². The molecule has 1 heterocycles. The number of rotatable bonds is 7. The molecule has 0 bridgehead atoms. The van der Waals surface area contributed by atoms with E-state index in [2.05, 4.69) is 47.8 Å². The van der Waals surface area contributed by atoms with E-state index in [0.29, 0.717) is 12.0 Å². The molecule has 2 unspecified atom stereocenters. The van der Waals surface area contributed by atoms with Crippen LogP contribution in [0.4, 0.5) is 0 Å². The predicted molar refractivity (Wildman–Crippen MR) is 82.5 cm³/mol. The summed E-state index contributed by atoms with van der Waals surface area (Å²) in [6.45, 7) is 11.1. The number of aromatic nitrogens is 3. The summed E-state index contributed by atoms with van der Waals surface area (Å²) >= 11 is 0. The van der Waals surface area contributed by atoms with Gasteiger partial charge in [0.15, 0.2) is 0 Å². The van der Waals surface area contributed by atoms with Gasteiger partial charge in [0.05, 0.1) is 0 Å². The molecule has 1 aromatic heterocycles. The number of nitrogens with one attached hydrogen (secondary N) is 1. The molecule has 114 valence electrons. The average molecular weight is 278 g/mol. The average Bonchev–Trinajstić information content (AvgIpc) is 2.97. The van der Waals surface area contributed by atoms with Gasteiger partial charge in [0.25, 0.3) is 0 Å². The largest absolute Gasteiger partial charge is 0.314 e. The molecule has 0 aliphatic heterocycles. The van der Waals surface area contributed by atoms with E-state index in [1.54, 1.807) is 6.33 Å². The second-order valence-corrected chi connectivity index (χ2v) is 6.97. The molecule has 4 heteroatoms. The molecule has 1 fully saturated rings. The van der Waals surface area contributed by atoms with Crippen LogP contribution in [0.5, 0.6) is 0 Å². The fraction of sp³-hybridized carbons (Fsp3) is 0.875. The molecule has 4 nitrogen and oxygen atoms in total. The summed E-state index contributed by atoms with van der Waals surface area (Å²) in [7, 11) is 0. The Morgan fingerprint density at radius 2 is 2.00 bits per heavy atom. The maximum Gasteiger partial charge on any atom is 0.138 e. The molecule has 0 amide bonds. The quantitative estimate of drug-likeness (QED) is 0.834. The first-order chi connectivity index (χ1) is 9.56. The Bertz CT molecular complexity index is 397. The molecule has 0 radical (unpaired) electrons. The Morgan fingerprint density at radius 1 is 1.25 bits per heavy atom. The van der Waals surface area contributed by atoms with Crippen molar-refractivity contribution < 1.29 is 0 Å². The summed E-state index contributed by atoms with van der Waals surface area (Å²) in [5, 5.41) is 7.99. The molecule has 0 saturated heterocycles. The Balaban J connectivity index is 1.93. The zero-order chi connectivity index (χ0) is 14.5. The van der Waals surface area contributed by atoms with Crippen LogP contribution in [-0.4, -0.2) is 27.4 Å². The molecule has 1 aliphatic rings. The molecule has 0 aromatic carbocycles. The lowest BCUT2D eigenvalue weighted by atomic mass is 9.92. The molecule has 2 rings (SSSR count). The predicted octanol–water partition coefficient (Wildman–Crippen LogP) is 2.89. The van der Waals surface area contributed by atoms with Crippen LogP contribution in [0.3, 0.4) is 0 Å². The van der Waals surface area contributed by atoms with Crippen LogP contribution in [0.2, 0.25) is 0 Å². The van der Waals surface area contributed by atoms with Crippen LogP contribution >= 0.6 is 0 Å². The van der Waals surface area contributed by atoms with Crippen molar-refractivity contribution in [3.63, 3.8) is 0 Å². The van der Waals surface area contributed by atoms with Crippen LogP contribution in [0.15, 0.2) is 6.33 Å². The Morgan fingerprint density at radius 3 is 2.70 bits per heavy atom. The van der Waals surface area contributed by atoms with E-state index in [1.165, 1.54) is 25.1 Å². The van der Waals surface area contributed by atoms with Gasteiger partial charge < -0.3 is 5.32 Å². The topological polar surface area (TPSA) is 42.7 Å². The smallest absolute Gasteiger partial charge is 0.138 e. The van der Waals surface area contributed by atoms with E-state index in [9.17, 15) is 0 Å². The first kappa shape index (κ1) is 15.5. The summed E-state index contributed by atoms with van der Waals surface area (Å²) in [4.78, 5) is 4.49. The van der Waals surface area contributed by atoms with E-state index in [4.69, 9.17) is 0 Å². The van der Waals surface area contributed by atoms with E-state index in [0.717, 1.165) is 31.3 Å². The summed E-state index contributed by atoms with van der Waals surface area (Å²) in [6, 6.07) is 0.584. The highest BCUT2D eigenvalue weighted by molar-refractivity contribution is 4.92. The lowest BCUT2D eigenvalue weighted by molar-refractivity contribution is 0.340. The van der Waals surface area contributed by atoms with Crippen molar-refractivity contribution in [3.05, 3.63) is 12.2 Å². The monoisotopic (exact) mass is 278 g/mol. The Labute approximate surface area is 123 Å². The van der Waals surface area contributed by atoms with Gasteiger partial charge in [-0.15, -0.1) is 0 Å². The molecule has 1 aliphatic carbocycles. The van der Waals surface area contributed by atoms with Crippen LogP contribution in [-0.2, 0) is 13.0 Å². The van der Waals surface area contributed by atoms with Crippen LogP contribution < -0.4 is 5.32 Å². The minimum absolute atomic E-state index is 0.584. The lowest BCUT2D eigenvalue weighted by Crippen LogP contribution is -2.31. The second-order valence-electron chi connectivity index (χ2n) is 6.97. The first-order valence-corrected chi connectivity index (χ1v) is 8.16. The first-order valence-electron chi connectivity index (χ1n) is 8.16. The molecule has 1 aromatic rings. The molecule has 1 N–H and O–H groups in total. The highest BCUT2D eigenvalue weighted by Gasteiger charge is 2.28. The number of hydrogen-bond donors (Lipinski definition) is 1. The maximum atomic E-state index is 4.49. The molecule has 2 atom stereocenters. The van der Waals surface area contributed by atoms with Crippen LogP contribution in [0.25, 0.3) is 0 Å². The minimum atomic E-state index is 0.584. The zero-order valence-corrected chi connectivity index (χ0v) is 13.5. The van der Waals surface area contributed by atoms with E-state index in [1.807, 2.05) is 0 Å². The van der Waals surface area contributed by atoms with Gasteiger partial charge in [-0.25, -0.2) is 9.67 Å². The van der Waals surface area contributed by atoms with Gasteiger partial charge in [-0.3, -0.25) is 0 Å². The molecule has 0 spiro atoms. The fourth-order valence-electron chi connectivity index (χ4n) is 3.22. The fourth-order valence-corrected chi connectivity index (χ4v) is 3.22. The molecule has 20 heavy (non-hydrogen) atoms. The third-order valence-corrected chi connectivity index (χ3v) is 4.28. The van der Waals surface area contributed by atoms with E-state index < -0.39 is 0 Å². The van der Waals surface area contributed by atoms with Crippen molar-refractivity contribution in [2.24, 2.45) is 17.8 Å². The summed E-state index contributed by atoms with van der Waals surface area (Å²) < 4.78 is 2.11. The van der Waals surface area contributed by atoms with E-state index >= 15 is 0 Å². The third-order valence-electron chi connectivity index (χ3n) is 4.28.